The summed E-state index contributed by atoms with van der Waals surface area (Å²) in [5, 5.41) is 0. The first-order valence-corrected chi connectivity index (χ1v) is 1.95. The van der Waals surface area contributed by atoms with Gasteiger partial charge in [-0.25, -0.2) is 0 Å². The molecule has 0 aromatic rings. The normalized spacial score (nSPS) is 3.43. The van der Waals surface area contributed by atoms with Gasteiger partial charge in [-0.2, -0.15) is 0 Å². The van der Waals surface area contributed by atoms with Crippen LogP contribution in [0.1, 0.15) is 0 Å². The second-order valence-electron chi connectivity index (χ2n) is 0.283. The number of hydrogen-bond acceptors (Lipinski definition) is 1. The van der Waals surface area contributed by atoms with Crippen molar-refractivity contribution in [1.29, 1.82) is 0 Å². The maximum atomic E-state index is 8.74. The van der Waals surface area contributed by atoms with Gasteiger partial charge in [-0.15, -0.1) is 0 Å². The van der Waals surface area contributed by atoms with Gasteiger partial charge in [0, 0.05) is 26.2 Å². The molecule has 7 heavy (non-hydrogen) atoms. The van der Waals surface area contributed by atoms with Gasteiger partial charge in [-0.1, -0.05) is 0 Å². The molecule has 0 unspecified atom stereocenters. The van der Waals surface area contributed by atoms with Crippen LogP contribution in [0.3, 0.4) is 0 Å². The van der Waals surface area contributed by atoms with E-state index >= 15 is 0 Å². The molecule has 0 spiro atoms. The maximum Gasteiger partial charge on any atom is 0.761 e. The molecule has 0 fully saturated rings. The van der Waals surface area contributed by atoms with Crippen molar-refractivity contribution in [1.82, 2.24) is 0 Å². The van der Waals surface area contributed by atoms with Crippen molar-refractivity contribution in [2.45, 2.75) is 0 Å². The average molecular weight is 226 g/mol. The zero-order valence-electron chi connectivity index (χ0n) is 2.30. The molecule has 0 heterocycles. The van der Waals surface area contributed by atoms with Gasteiger partial charge in [-0.05, 0) is 0 Å². The molecule has 0 radical (unpaired) electrons. The first-order valence-electron chi connectivity index (χ1n) is 0.651. The number of rotatable bonds is 0. The predicted molar refractivity (Wildman–Crippen MR) is 29.4 cm³/mol. The fourth-order valence-corrected chi connectivity index (χ4v) is 0. The van der Waals surface area contributed by atoms with Gasteiger partial charge in [0.05, 0.1) is 0 Å². The molecule has 0 amide bonds. The molecule has 0 rings (SSSR count). The van der Waals surface area contributed by atoms with Crippen LogP contribution in [-0.4, -0.2) is 59.2 Å². The van der Waals surface area contributed by atoms with Gasteiger partial charge in [0.1, 0.15) is 0 Å². The van der Waals surface area contributed by atoms with Crippen LogP contribution in [0, 0.1) is 0 Å². The minimum Gasteiger partial charge on any atom is -0.511 e. The first kappa shape index (κ1) is 23.2. The molecule has 3 nitrogen and oxygen atoms in total. The van der Waals surface area contributed by atoms with Crippen LogP contribution in [0.25, 0.3) is 0 Å². The minimum absolute atomic E-state index is 0. The summed E-state index contributed by atoms with van der Waals surface area (Å²) in [6.07, 6.45) is 0. The Morgan fingerprint density at radius 1 is 1.29 bits per heavy atom. The monoisotopic (exact) mass is 224 g/mol. The third-order valence-corrected chi connectivity index (χ3v) is 0. The van der Waals surface area contributed by atoms with Crippen LogP contribution in [-0.2, 0) is 30.7 Å². The standard InChI is InChI=1S/Al.Mg.H2O3Si.Zr.5H/c;;1-4(2)3;;;;;;/h;;1-2H;;;;;;. The van der Waals surface area contributed by atoms with E-state index in [2.05, 4.69) is 0 Å². The van der Waals surface area contributed by atoms with Crippen LogP contribution in [0.4, 0.5) is 0 Å². The Bertz CT molecular complexity index is 37.9. The topological polar surface area (TPSA) is 57.5 Å². The second-order valence-corrected chi connectivity index (χ2v) is 0.848. The molecular weight excluding hydrogens is 219 g/mol. The van der Waals surface area contributed by atoms with Gasteiger partial charge < -0.3 is 9.59 Å². The predicted octanol–water partition coefficient (Wildman–Crippen LogP) is -3.72. The number of hydrogen-bond donors (Lipinski definition) is 2. The summed E-state index contributed by atoms with van der Waals surface area (Å²) in [4.78, 5) is 14.3. The Hall–Kier alpha value is 1.80. The van der Waals surface area contributed by atoms with E-state index in [9.17, 15) is 0 Å². The van der Waals surface area contributed by atoms with Crippen molar-refractivity contribution >= 4 is 49.6 Å². The minimum atomic E-state index is -3.13. The van der Waals surface area contributed by atoms with Crippen molar-refractivity contribution < 1.29 is 40.3 Å². The third kappa shape index (κ3) is 81.1. The molecule has 0 saturated carbocycles. The van der Waals surface area contributed by atoms with E-state index in [4.69, 9.17) is 14.1 Å². The van der Waals surface area contributed by atoms with Crippen molar-refractivity contribution in [3.05, 3.63) is 0 Å². The fourth-order valence-electron chi connectivity index (χ4n) is 0. The van der Waals surface area contributed by atoms with Gasteiger partial charge in [0.15, 0.2) is 17.4 Å². The van der Waals surface area contributed by atoms with Crippen molar-refractivity contribution in [3.63, 3.8) is 0 Å². The SMILES string of the molecule is O=[Si](O)O.[AlH3].[MgH2].[Zr]. The largest absolute Gasteiger partial charge is 0.761 e. The quantitative estimate of drug-likeness (QED) is 0.417. The Labute approximate surface area is 88.8 Å². The van der Waals surface area contributed by atoms with Gasteiger partial charge in [0.25, 0.3) is 0 Å². The zero-order chi connectivity index (χ0) is 3.58. The molecule has 0 aliphatic heterocycles. The molecule has 2 N–H and O–H groups in total. The van der Waals surface area contributed by atoms with E-state index in [0.29, 0.717) is 0 Å². The van der Waals surface area contributed by atoms with E-state index in [-0.39, 0.29) is 66.6 Å². The molecule has 0 saturated heterocycles. The van der Waals surface area contributed by atoms with E-state index in [1.807, 2.05) is 0 Å². The third-order valence-electron chi connectivity index (χ3n) is 0. The van der Waals surface area contributed by atoms with Crippen LogP contribution >= 0.6 is 0 Å². The zero-order valence-corrected chi connectivity index (χ0v) is 5.76. The van der Waals surface area contributed by atoms with Gasteiger partial charge >= 0.3 is 32.2 Å². The van der Waals surface area contributed by atoms with Crippen LogP contribution in [0.5, 0.6) is 0 Å². The van der Waals surface area contributed by atoms with Crippen molar-refractivity contribution in [2.75, 3.05) is 0 Å². The Kier molecular flexibility index (Phi) is 52.0. The van der Waals surface area contributed by atoms with Crippen LogP contribution in [0.15, 0.2) is 0 Å². The Morgan fingerprint density at radius 3 is 1.29 bits per heavy atom. The fraction of sp³-hybridized carbons (Fsp3) is 0. The molecular formula is H7AlMgO3SiZr. The first-order chi connectivity index (χ1) is 1.73. The van der Waals surface area contributed by atoms with Crippen molar-refractivity contribution in [2.24, 2.45) is 0 Å². The van der Waals surface area contributed by atoms with E-state index in [1.54, 1.807) is 0 Å². The van der Waals surface area contributed by atoms with Crippen LogP contribution < -0.4 is 0 Å². The maximum absolute atomic E-state index is 8.74. The summed E-state index contributed by atoms with van der Waals surface area (Å²) in [7, 11) is -3.13. The molecule has 0 atom stereocenters. The van der Waals surface area contributed by atoms with Gasteiger partial charge in [0.2, 0.25) is 0 Å². The second kappa shape index (κ2) is 15.7. The summed E-state index contributed by atoms with van der Waals surface area (Å²) in [6.45, 7) is 0. The smallest absolute Gasteiger partial charge is 0.511 e. The summed E-state index contributed by atoms with van der Waals surface area (Å²) >= 11 is 0. The van der Waals surface area contributed by atoms with E-state index in [0.717, 1.165) is 0 Å². The Morgan fingerprint density at radius 2 is 1.29 bits per heavy atom. The summed E-state index contributed by atoms with van der Waals surface area (Å²) in [6, 6.07) is 0. The summed E-state index contributed by atoms with van der Waals surface area (Å²) in [5.41, 5.74) is 0. The van der Waals surface area contributed by atoms with Crippen LogP contribution in [0.2, 0.25) is 0 Å². The molecule has 0 bridgehead atoms. The average Bonchev–Trinajstić information content (AvgIpc) is 0.811. The molecule has 0 aliphatic carbocycles. The summed E-state index contributed by atoms with van der Waals surface area (Å²) in [5.74, 6) is 0. The van der Waals surface area contributed by atoms with E-state index < -0.39 is 9.17 Å². The summed E-state index contributed by atoms with van der Waals surface area (Å²) < 4.78 is 8.74. The molecule has 0 aromatic heterocycles. The van der Waals surface area contributed by atoms with Gasteiger partial charge in [-0.3, -0.25) is 4.46 Å². The van der Waals surface area contributed by atoms with E-state index in [1.165, 1.54) is 0 Å². The molecule has 7 heteroatoms. The molecule has 0 aliphatic rings. The molecule has 38 valence electrons. The Balaban J connectivity index is -0.0000000150. The van der Waals surface area contributed by atoms with Crippen molar-refractivity contribution in [3.8, 4) is 0 Å². The molecule has 0 aromatic carbocycles.